The Morgan fingerprint density at radius 2 is 1.92 bits per heavy atom. The molecule has 72 valence electrons. The topological polar surface area (TPSA) is 29.3 Å². The normalized spacial score (nSPS) is 10.1. The summed E-state index contributed by atoms with van der Waals surface area (Å²) in [7, 11) is 1.99. The first-order chi connectivity index (χ1) is 6.27. The van der Waals surface area contributed by atoms with Crippen molar-refractivity contribution in [2.75, 3.05) is 24.4 Å². The first kappa shape index (κ1) is 10.4. The number of rotatable bonds is 4. The van der Waals surface area contributed by atoms with E-state index in [9.17, 15) is 0 Å². The van der Waals surface area contributed by atoms with Crippen molar-refractivity contribution in [2.45, 2.75) is 11.8 Å². The van der Waals surface area contributed by atoms with Gasteiger partial charge < -0.3 is 10.6 Å². The summed E-state index contributed by atoms with van der Waals surface area (Å²) >= 11 is 1.85. The van der Waals surface area contributed by atoms with Crippen LogP contribution in [0.15, 0.2) is 29.2 Å². The minimum absolute atomic E-state index is 0.556. The summed E-state index contributed by atoms with van der Waals surface area (Å²) in [4.78, 5) is 3.33. The molecule has 0 bridgehead atoms. The highest BCUT2D eigenvalue weighted by molar-refractivity contribution is 7.99. The molecule has 0 aliphatic rings. The third-order valence-electron chi connectivity index (χ3n) is 1.86. The van der Waals surface area contributed by atoms with E-state index in [0.29, 0.717) is 6.67 Å². The van der Waals surface area contributed by atoms with Crippen LogP contribution < -0.4 is 10.6 Å². The largest absolute Gasteiger partial charge is 0.362 e. The van der Waals surface area contributed by atoms with E-state index in [0.717, 1.165) is 5.75 Å². The molecule has 0 amide bonds. The Morgan fingerprint density at radius 3 is 2.38 bits per heavy atom. The van der Waals surface area contributed by atoms with E-state index < -0.39 is 0 Å². The number of thioether (sulfide) groups is 1. The van der Waals surface area contributed by atoms with Gasteiger partial charge >= 0.3 is 0 Å². The summed E-state index contributed by atoms with van der Waals surface area (Å²) in [5.41, 5.74) is 6.69. The Bertz CT molecular complexity index is 246. The van der Waals surface area contributed by atoms with Crippen molar-refractivity contribution in [2.24, 2.45) is 5.73 Å². The Balaban J connectivity index is 2.69. The second-order valence-corrected chi connectivity index (χ2v) is 4.14. The molecular weight excluding hydrogens is 180 g/mol. The monoisotopic (exact) mass is 196 g/mol. The number of nitrogens with two attached hydrogens (primary N) is 1. The first-order valence-electron chi connectivity index (χ1n) is 4.42. The van der Waals surface area contributed by atoms with Crippen LogP contribution in [-0.4, -0.2) is 19.5 Å². The van der Waals surface area contributed by atoms with Crippen molar-refractivity contribution in [3.8, 4) is 0 Å². The standard InChI is InChI=1S/C10H16N2S/c1-3-13-10-6-4-9(5-7-10)12(2)8-11/h4-7H,3,8,11H2,1-2H3. The van der Waals surface area contributed by atoms with Crippen LogP contribution in [0.1, 0.15) is 6.92 Å². The summed E-state index contributed by atoms with van der Waals surface area (Å²) in [5, 5.41) is 0. The van der Waals surface area contributed by atoms with Gasteiger partial charge in [0.1, 0.15) is 0 Å². The highest BCUT2D eigenvalue weighted by Crippen LogP contribution is 2.20. The van der Waals surface area contributed by atoms with Crippen LogP contribution in [-0.2, 0) is 0 Å². The number of anilines is 1. The predicted molar refractivity (Wildman–Crippen MR) is 60.3 cm³/mol. The number of nitrogens with zero attached hydrogens (tertiary/aromatic N) is 1. The van der Waals surface area contributed by atoms with E-state index in [1.165, 1.54) is 10.6 Å². The number of benzene rings is 1. The van der Waals surface area contributed by atoms with E-state index in [4.69, 9.17) is 5.73 Å². The second-order valence-electron chi connectivity index (χ2n) is 2.81. The highest BCUT2D eigenvalue weighted by atomic mass is 32.2. The highest BCUT2D eigenvalue weighted by Gasteiger charge is 1.97. The van der Waals surface area contributed by atoms with E-state index in [1.54, 1.807) is 0 Å². The molecule has 0 aromatic heterocycles. The molecule has 0 spiro atoms. The third-order valence-corrected chi connectivity index (χ3v) is 2.76. The van der Waals surface area contributed by atoms with Gasteiger partial charge in [0, 0.05) is 17.6 Å². The lowest BCUT2D eigenvalue weighted by atomic mass is 10.3. The molecule has 1 aromatic carbocycles. The molecule has 0 heterocycles. The van der Waals surface area contributed by atoms with Gasteiger partial charge in [-0.25, -0.2) is 0 Å². The molecular formula is C10H16N2S. The lowest BCUT2D eigenvalue weighted by Gasteiger charge is -2.16. The summed E-state index contributed by atoms with van der Waals surface area (Å²) < 4.78 is 0. The predicted octanol–water partition coefficient (Wildman–Crippen LogP) is 2.15. The van der Waals surface area contributed by atoms with E-state index in [1.807, 2.05) is 23.7 Å². The molecule has 2 nitrogen and oxygen atoms in total. The van der Waals surface area contributed by atoms with Crippen molar-refractivity contribution < 1.29 is 0 Å². The molecule has 0 fully saturated rings. The zero-order valence-electron chi connectivity index (χ0n) is 8.16. The van der Waals surface area contributed by atoms with Crippen molar-refractivity contribution in [3.63, 3.8) is 0 Å². The molecule has 0 atom stereocenters. The van der Waals surface area contributed by atoms with Crippen molar-refractivity contribution >= 4 is 17.4 Å². The average Bonchev–Trinajstić information content (AvgIpc) is 2.18. The maximum absolute atomic E-state index is 5.52. The van der Waals surface area contributed by atoms with E-state index in [2.05, 4.69) is 31.2 Å². The van der Waals surface area contributed by atoms with Gasteiger partial charge in [-0.15, -0.1) is 11.8 Å². The molecule has 0 aliphatic carbocycles. The minimum Gasteiger partial charge on any atom is -0.362 e. The molecule has 0 saturated heterocycles. The Hall–Kier alpha value is -0.670. The van der Waals surface area contributed by atoms with Crippen molar-refractivity contribution in [3.05, 3.63) is 24.3 Å². The first-order valence-corrected chi connectivity index (χ1v) is 5.40. The third kappa shape index (κ3) is 2.94. The van der Waals surface area contributed by atoms with Gasteiger partial charge in [-0.05, 0) is 30.0 Å². The van der Waals surface area contributed by atoms with Gasteiger partial charge in [-0.3, -0.25) is 0 Å². The second kappa shape index (κ2) is 5.14. The Kier molecular flexibility index (Phi) is 4.12. The quantitative estimate of drug-likeness (QED) is 0.591. The fourth-order valence-electron chi connectivity index (χ4n) is 1.07. The Morgan fingerprint density at radius 1 is 1.31 bits per heavy atom. The fourth-order valence-corrected chi connectivity index (χ4v) is 1.73. The maximum Gasteiger partial charge on any atom is 0.0653 e. The molecule has 13 heavy (non-hydrogen) atoms. The van der Waals surface area contributed by atoms with Crippen LogP contribution in [0.3, 0.4) is 0 Å². The average molecular weight is 196 g/mol. The SMILES string of the molecule is CCSc1ccc(N(C)CN)cc1. The zero-order valence-corrected chi connectivity index (χ0v) is 8.97. The molecule has 1 aromatic rings. The molecule has 2 N–H and O–H groups in total. The smallest absolute Gasteiger partial charge is 0.0653 e. The van der Waals surface area contributed by atoms with Crippen molar-refractivity contribution in [1.29, 1.82) is 0 Å². The van der Waals surface area contributed by atoms with Gasteiger partial charge in [0.05, 0.1) is 6.67 Å². The van der Waals surface area contributed by atoms with Crippen molar-refractivity contribution in [1.82, 2.24) is 0 Å². The van der Waals surface area contributed by atoms with Crippen LogP contribution >= 0.6 is 11.8 Å². The van der Waals surface area contributed by atoms with E-state index in [-0.39, 0.29) is 0 Å². The molecule has 0 radical (unpaired) electrons. The Labute approximate surface area is 84.1 Å². The molecule has 0 saturated carbocycles. The molecule has 3 heteroatoms. The van der Waals surface area contributed by atoms with Crippen LogP contribution in [0.4, 0.5) is 5.69 Å². The van der Waals surface area contributed by atoms with Gasteiger partial charge in [-0.2, -0.15) is 0 Å². The van der Waals surface area contributed by atoms with Crippen LogP contribution in [0.25, 0.3) is 0 Å². The van der Waals surface area contributed by atoms with Gasteiger partial charge in [0.15, 0.2) is 0 Å². The summed E-state index contributed by atoms with van der Waals surface area (Å²) in [6, 6.07) is 8.47. The van der Waals surface area contributed by atoms with Crippen LogP contribution in [0.2, 0.25) is 0 Å². The summed E-state index contributed by atoms with van der Waals surface area (Å²) in [5.74, 6) is 1.12. The van der Waals surface area contributed by atoms with Gasteiger partial charge in [-0.1, -0.05) is 6.92 Å². The maximum atomic E-state index is 5.52. The number of hydrogen-bond donors (Lipinski definition) is 1. The van der Waals surface area contributed by atoms with Crippen LogP contribution in [0, 0.1) is 0 Å². The van der Waals surface area contributed by atoms with Gasteiger partial charge in [0.2, 0.25) is 0 Å². The fraction of sp³-hybridized carbons (Fsp3) is 0.400. The lowest BCUT2D eigenvalue weighted by molar-refractivity contribution is 0.932. The lowest BCUT2D eigenvalue weighted by Crippen LogP contribution is -2.24. The molecule has 1 rings (SSSR count). The summed E-state index contributed by atoms with van der Waals surface area (Å²) in [6.45, 7) is 2.71. The number of hydrogen-bond acceptors (Lipinski definition) is 3. The molecule has 0 aliphatic heterocycles. The minimum atomic E-state index is 0.556. The summed E-state index contributed by atoms with van der Waals surface area (Å²) in [6.07, 6.45) is 0. The van der Waals surface area contributed by atoms with Crippen LogP contribution in [0.5, 0.6) is 0 Å². The molecule has 0 unspecified atom stereocenters. The van der Waals surface area contributed by atoms with Gasteiger partial charge in [0.25, 0.3) is 0 Å². The zero-order chi connectivity index (χ0) is 9.68. The van der Waals surface area contributed by atoms with E-state index >= 15 is 0 Å².